The van der Waals surface area contributed by atoms with Crippen molar-refractivity contribution >= 4 is 23.4 Å². The summed E-state index contributed by atoms with van der Waals surface area (Å²) in [5.74, 6) is -0.652. The van der Waals surface area contributed by atoms with Gasteiger partial charge in [-0.2, -0.15) is 0 Å². The summed E-state index contributed by atoms with van der Waals surface area (Å²) in [6, 6.07) is 4.85. The lowest BCUT2D eigenvalue weighted by Gasteiger charge is -2.08. The standard InChI is InChI=1S/C12H13ClO3/c1-7-4-5-9(12(15)16-3)6-10(7)11(14)8(2)13/h4-6,8H,1-3H3. The van der Waals surface area contributed by atoms with E-state index in [-0.39, 0.29) is 5.78 Å². The Hall–Kier alpha value is -1.35. The van der Waals surface area contributed by atoms with Gasteiger partial charge in [0.2, 0.25) is 0 Å². The Kier molecular flexibility index (Phi) is 4.07. The van der Waals surface area contributed by atoms with Gasteiger partial charge in [-0.05, 0) is 31.5 Å². The number of benzene rings is 1. The second-order valence-electron chi connectivity index (χ2n) is 3.50. The molecule has 0 aliphatic rings. The number of esters is 1. The number of carbonyl (C=O) groups excluding carboxylic acids is 2. The van der Waals surface area contributed by atoms with Gasteiger partial charge in [0.1, 0.15) is 0 Å². The minimum Gasteiger partial charge on any atom is -0.465 e. The van der Waals surface area contributed by atoms with Gasteiger partial charge >= 0.3 is 5.97 Å². The van der Waals surface area contributed by atoms with E-state index in [9.17, 15) is 9.59 Å². The third-order valence-electron chi connectivity index (χ3n) is 2.29. The third kappa shape index (κ3) is 2.61. The molecule has 4 heteroatoms. The Morgan fingerprint density at radius 1 is 1.38 bits per heavy atom. The number of ether oxygens (including phenoxy) is 1. The molecule has 3 nitrogen and oxygen atoms in total. The fourth-order valence-electron chi connectivity index (χ4n) is 1.35. The van der Waals surface area contributed by atoms with E-state index in [0.29, 0.717) is 11.1 Å². The maximum atomic E-state index is 11.7. The van der Waals surface area contributed by atoms with Crippen LogP contribution in [0.4, 0.5) is 0 Å². The first-order valence-electron chi connectivity index (χ1n) is 4.84. The first kappa shape index (κ1) is 12.7. The normalized spacial score (nSPS) is 12.0. The molecule has 0 N–H and O–H groups in total. The molecule has 0 aliphatic heterocycles. The number of rotatable bonds is 3. The molecule has 0 fully saturated rings. The number of alkyl halides is 1. The molecule has 0 radical (unpaired) electrons. The van der Waals surface area contributed by atoms with Crippen LogP contribution in [0.5, 0.6) is 0 Å². The van der Waals surface area contributed by atoms with E-state index in [1.165, 1.54) is 13.2 Å². The molecular weight excluding hydrogens is 228 g/mol. The maximum absolute atomic E-state index is 11.7. The molecule has 1 rings (SSSR count). The summed E-state index contributed by atoms with van der Waals surface area (Å²) in [4.78, 5) is 23.0. The molecule has 0 heterocycles. The lowest BCUT2D eigenvalue weighted by molar-refractivity contribution is 0.0600. The van der Waals surface area contributed by atoms with Crippen molar-refractivity contribution in [1.82, 2.24) is 0 Å². The minimum absolute atomic E-state index is 0.190. The van der Waals surface area contributed by atoms with Crippen LogP contribution in [0.3, 0.4) is 0 Å². The molecule has 0 bridgehead atoms. The van der Waals surface area contributed by atoms with Crippen molar-refractivity contribution < 1.29 is 14.3 Å². The van der Waals surface area contributed by atoms with Crippen LogP contribution in [0.15, 0.2) is 18.2 Å². The second kappa shape index (κ2) is 5.12. The molecule has 0 aromatic heterocycles. The number of hydrogen-bond donors (Lipinski definition) is 0. The molecule has 1 aromatic carbocycles. The summed E-state index contributed by atoms with van der Waals surface area (Å²) in [5.41, 5.74) is 1.62. The molecule has 0 aliphatic carbocycles. The molecule has 0 spiro atoms. The van der Waals surface area contributed by atoms with Crippen molar-refractivity contribution in [2.45, 2.75) is 19.2 Å². The molecule has 0 amide bonds. The number of methoxy groups -OCH3 is 1. The summed E-state index contributed by atoms with van der Waals surface area (Å²) in [5, 5.41) is -0.605. The highest BCUT2D eigenvalue weighted by Crippen LogP contribution is 2.16. The van der Waals surface area contributed by atoms with Crippen molar-refractivity contribution in [1.29, 1.82) is 0 Å². The van der Waals surface area contributed by atoms with Crippen molar-refractivity contribution in [2.75, 3.05) is 7.11 Å². The number of aryl methyl sites for hydroxylation is 1. The molecule has 0 saturated heterocycles. The van der Waals surface area contributed by atoms with E-state index < -0.39 is 11.3 Å². The lowest BCUT2D eigenvalue weighted by Crippen LogP contribution is -2.13. The first-order chi connectivity index (χ1) is 7.47. The quantitative estimate of drug-likeness (QED) is 0.463. The summed E-state index contributed by atoms with van der Waals surface area (Å²) in [7, 11) is 1.30. The Morgan fingerprint density at radius 3 is 2.50 bits per heavy atom. The van der Waals surface area contributed by atoms with Gasteiger partial charge in [-0.1, -0.05) is 6.07 Å². The van der Waals surface area contributed by atoms with Crippen LogP contribution in [0, 0.1) is 6.92 Å². The zero-order chi connectivity index (χ0) is 12.3. The van der Waals surface area contributed by atoms with Crippen molar-refractivity contribution in [3.8, 4) is 0 Å². The number of ketones is 1. The summed E-state index contributed by atoms with van der Waals surface area (Å²) < 4.78 is 4.59. The summed E-state index contributed by atoms with van der Waals surface area (Å²) in [6.07, 6.45) is 0. The van der Waals surface area contributed by atoms with Gasteiger partial charge in [0.15, 0.2) is 5.78 Å². The Labute approximate surface area is 99.4 Å². The molecule has 16 heavy (non-hydrogen) atoms. The number of halogens is 1. The van der Waals surface area contributed by atoms with Gasteiger partial charge in [0.05, 0.1) is 18.1 Å². The van der Waals surface area contributed by atoms with Crippen LogP contribution in [0.1, 0.15) is 33.2 Å². The van der Waals surface area contributed by atoms with Crippen molar-refractivity contribution in [3.05, 3.63) is 34.9 Å². The van der Waals surface area contributed by atoms with Crippen LogP contribution < -0.4 is 0 Å². The SMILES string of the molecule is COC(=O)c1ccc(C)c(C(=O)C(C)Cl)c1. The van der Waals surface area contributed by atoms with E-state index in [0.717, 1.165) is 5.56 Å². The Morgan fingerprint density at radius 2 is 2.00 bits per heavy atom. The monoisotopic (exact) mass is 240 g/mol. The van der Waals surface area contributed by atoms with E-state index in [4.69, 9.17) is 11.6 Å². The molecule has 86 valence electrons. The highest BCUT2D eigenvalue weighted by molar-refractivity contribution is 6.33. The number of hydrogen-bond acceptors (Lipinski definition) is 3. The first-order valence-corrected chi connectivity index (χ1v) is 5.28. The van der Waals surface area contributed by atoms with Gasteiger partial charge in [0.25, 0.3) is 0 Å². The van der Waals surface area contributed by atoms with Crippen LogP contribution >= 0.6 is 11.6 Å². The zero-order valence-electron chi connectivity index (χ0n) is 9.41. The van der Waals surface area contributed by atoms with E-state index in [1.807, 2.05) is 0 Å². The van der Waals surface area contributed by atoms with Crippen LogP contribution in [0.2, 0.25) is 0 Å². The highest BCUT2D eigenvalue weighted by Gasteiger charge is 2.17. The molecule has 1 aromatic rings. The number of carbonyl (C=O) groups is 2. The molecule has 1 unspecified atom stereocenters. The summed E-state index contributed by atoms with van der Waals surface area (Å²) >= 11 is 5.73. The van der Waals surface area contributed by atoms with E-state index in [2.05, 4.69) is 4.74 Å². The Bertz CT molecular complexity index is 424. The van der Waals surface area contributed by atoms with Gasteiger partial charge in [-0.15, -0.1) is 11.6 Å². The topological polar surface area (TPSA) is 43.4 Å². The van der Waals surface area contributed by atoms with Gasteiger partial charge in [0, 0.05) is 5.56 Å². The molecular formula is C12H13ClO3. The van der Waals surface area contributed by atoms with Gasteiger partial charge in [-0.25, -0.2) is 4.79 Å². The van der Waals surface area contributed by atoms with Crippen molar-refractivity contribution in [3.63, 3.8) is 0 Å². The van der Waals surface area contributed by atoms with E-state index in [1.54, 1.807) is 26.0 Å². The van der Waals surface area contributed by atoms with Gasteiger partial charge < -0.3 is 4.74 Å². The van der Waals surface area contributed by atoms with E-state index >= 15 is 0 Å². The maximum Gasteiger partial charge on any atom is 0.337 e. The predicted molar refractivity (Wildman–Crippen MR) is 62.2 cm³/mol. The molecule has 0 saturated carbocycles. The predicted octanol–water partition coefficient (Wildman–Crippen LogP) is 2.59. The fraction of sp³-hybridized carbons (Fsp3) is 0.333. The largest absolute Gasteiger partial charge is 0.465 e. The average molecular weight is 241 g/mol. The highest BCUT2D eigenvalue weighted by atomic mass is 35.5. The second-order valence-corrected chi connectivity index (χ2v) is 4.16. The summed E-state index contributed by atoms with van der Waals surface area (Å²) in [6.45, 7) is 3.40. The van der Waals surface area contributed by atoms with Crippen molar-refractivity contribution in [2.24, 2.45) is 0 Å². The smallest absolute Gasteiger partial charge is 0.337 e. The third-order valence-corrected chi connectivity index (χ3v) is 2.48. The molecule has 1 atom stereocenters. The van der Waals surface area contributed by atoms with Crippen LogP contribution in [-0.4, -0.2) is 24.2 Å². The minimum atomic E-state index is -0.605. The fourth-order valence-corrected chi connectivity index (χ4v) is 1.46. The van der Waals surface area contributed by atoms with Gasteiger partial charge in [-0.3, -0.25) is 4.79 Å². The number of Topliss-reactive ketones (excluding diaryl/α,β-unsaturated/α-hetero) is 1. The Balaban J connectivity index is 3.18. The lowest BCUT2D eigenvalue weighted by atomic mass is 10.00. The van der Waals surface area contributed by atoms with Crippen LogP contribution in [0.25, 0.3) is 0 Å². The average Bonchev–Trinajstić information content (AvgIpc) is 2.27. The zero-order valence-corrected chi connectivity index (χ0v) is 10.2. The van der Waals surface area contributed by atoms with Crippen LogP contribution in [-0.2, 0) is 4.74 Å².